The van der Waals surface area contributed by atoms with Gasteiger partial charge in [-0.25, -0.2) is 14.6 Å². The molecular formula is C35H43N7O2Si. The van der Waals surface area contributed by atoms with Crippen molar-refractivity contribution in [3.05, 3.63) is 66.2 Å². The molecule has 0 radical (unpaired) electrons. The van der Waals surface area contributed by atoms with Crippen LogP contribution in [-0.2, 0) is 11.5 Å². The predicted molar refractivity (Wildman–Crippen MR) is 182 cm³/mol. The number of nitrogens with one attached hydrogen (secondary N) is 1. The molecule has 10 heteroatoms. The molecule has 0 saturated heterocycles. The first-order chi connectivity index (χ1) is 21.6. The molecule has 1 aliphatic carbocycles. The molecule has 0 amide bonds. The molecule has 234 valence electrons. The first kappa shape index (κ1) is 31.0. The third kappa shape index (κ3) is 6.66. The Morgan fingerprint density at radius 2 is 1.87 bits per heavy atom. The minimum atomic E-state index is -1.14. The SMILES string of the molecule is CC(C)c1nn(-c2ccc(C#N)c(N[C@H]3CC[C@H](O)CC3)c2)c2nccc(-c3cnc4c(ccn4COCC[Si](C)(C)C)c3)c12. The first-order valence-corrected chi connectivity index (χ1v) is 19.7. The fourth-order valence-corrected chi connectivity index (χ4v) is 6.84. The van der Waals surface area contributed by atoms with Crippen LogP contribution in [0.3, 0.4) is 0 Å². The largest absolute Gasteiger partial charge is 0.393 e. The summed E-state index contributed by atoms with van der Waals surface area (Å²) in [4.78, 5) is 9.69. The van der Waals surface area contributed by atoms with E-state index in [4.69, 9.17) is 19.8 Å². The Hall–Kier alpha value is -4.04. The fourth-order valence-electron chi connectivity index (χ4n) is 6.09. The summed E-state index contributed by atoms with van der Waals surface area (Å²) >= 11 is 0. The second kappa shape index (κ2) is 12.8. The number of fused-ring (bicyclic) bond motifs is 2. The van der Waals surface area contributed by atoms with Crippen LogP contribution in [-0.4, -0.2) is 56.2 Å². The maximum Gasteiger partial charge on any atom is 0.163 e. The molecule has 1 aliphatic rings. The van der Waals surface area contributed by atoms with E-state index in [2.05, 4.69) is 61.6 Å². The highest BCUT2D eigenvalue weighted by Gasteiger charge is 2.23. The fraction of sp³-hybridized carbons (Fsp3) is 0.429. The maximum atomic E-state index is 9.95. The van der Waals surface area contributed by atoms with Crippen molar-refractivity contribution in [2.24, 2.45) is 0 Å². The molecule has 9 nitrogen and oxygen atoms in total. The van der Waals surface area contributed by atoms with Gasteiger partial charge in [-0.15, -0.1) is 0 Å². The number of anilines is 1. The third-order valence-corrected chi connectivity index (χ3v) is 10.4. The molecule has 1 aromatic carbocycles. The molecule has 0 bridgehead atoms. The highest BCUT2D eigenvalue weighted by Crippen LogP contribution is 2.36. The number of hydrogen-bond acceptors (Lipinski definition) is 7. The molecule has 4 heterocycles. The number of ether oxygens (including phenoxy) is 1. The van der Waals surface area contributed by atoms with E-state index in [1.807, 2.05) is 47.5 Å². The summed E-state index contributed by atoms with van der Waals surface area (Å²) in [6.45, 7) is 12.6. The number of hydrogen-bond donors (Lipinski definition) is 2. The zero-order chi connectivity index (χ0) is 31.7. The highest BCUT2D eigenvalue weighted by atomic mass is 28.3. The zero-order valence-electron chi connectivity index (χ0n) is 26.9. The van der Waals surface area contributed by atoms with Gasteiger partial charge in [0, 0.05) is 50.3 Å². The second-order valence-electron chi connectivity index (χ2n) is 13.8. The number of pyridine rings is 2. The van der Waals surface area contributed by atoms with Gasteiger partial charge in [0.2, 0.25) is 0 Å². The number of aromatic nitrogens is 5. The van der Waals surface area contributed by atoms with Crippen LogP contribution in [0, 0.1) is 11.3 Å². The lowest BCUT2D eigenvalue weighted by atomic mass is 9.93. The normalized spacial score (nSPS) is 17.3. The van der Waals surface area contributed by atoms with Crippen molar-refractivity contribution in [1.29, 1.82) is 5.26 Å². The summed E-state index contributed by atoms with van der Waals surface area (Å²) in [6.07, 6.45) is 8.86. The minimum absolute atomic E-state index is 0.160. The average molecular weight is 622 g/mol. The van der Waals surface area contributed by atoms with Crippen molar-refractivity contribution >= 4 is 35.8 Å². The van der Waals surface area contributed by atoms with Crippen LogP contribution in [0.1, 0.15) is 56.7 Å². The number of nitriles is 1. The van der Waals surface area contributed by atoms with Gasteiger partial charge in [-0.3, -0.25) is 0 Å². The van der Waals surface area contributed by atoms with Crippen molar-refractivity contribution in [1.82, 2.24) is 24.3 Å². The Bertz CT molecular complexity index is 1860. The van der Waals surface area contributed by atoms with E-state index < -0.39 is 8.07 Å². The topological polar surface area (TPSA) is 114 Å². The Morgan fingerprint density at radius 1 is 1.07 bits per heavy atom. The summed E-state index contributed by atoms with van der Waals surface area (Å²) in [5, 5.41) is 30.5. The van der Waals surface area contributed by atoms with Crippen LogP contribution in [0.25, 0.3) is 38.9 Å². The van der Waals surface area contributed by atoms with Gasteiger partial charge < -0.3 is 19.7 Å². The van der Waals surface area contributed by atoms with Gasteiger partial charge in [-0.05, 0) is 79.6 Å². The zero-order valence-corrected chi connectivity index (χ0v) is 27.9. The van der Waals surface area contributed by atoms with Crippen LogP contribution < -0.4 is 5.32 Å². The van der Waals surface area contributed by atoms with Gasteiger partial charge in [0.15, 0.2) is 5.65 Å². The summed E-state index contributed by atoms with van der Waals surface area (Å²) in [6, 6.07) is 15.8. The number of nitrogens with zero attached hydrogens (tertiary/aromatic N) is 6. The Labute approximate surface area is 265 Å². The number of benzene rings is 1. The van der Waals surface area contributed by atoms with Gasteiger partial charge >= 0.3 is 0 Å². The predicted octanol–water partition coefficient (Wildman–Crippen LogP) is 7.46. The lowest BCUT2D eigenvalue weighted by molar-refractivity contribution is 0.0899. The summed E-state index contributed by atoms with van der Waals surface area (Å²) in [5.41, 5.74) is 6.89. The Morgan fingerprint density at radius 3 is 2.60 bits per heavy atom. The van der Waals surface area contributed by atoms with Crippen molar-refractivity contribution in [2.45, 2.75) is 90.0 Å². The number of aliphatic hydroxyl groups is 1. The van der Waals surface area contributed by atoms with E-state index in [1.165, 1.54) is 0 Å². The average Bonchev–Trinajstić information content (AvgIpc) is 3.61. The maximum absolute atomic E-state index is 9.95. The van der Waals surface area contributed by atoms with E-state index in [9.17, 15) is 10.4 Å². The van der Waals surface area contributed by atoms with E-state index in [-0.39, 0.29) is 18.1 Å². The molecule has 0 unspecified atom stereocenters. The molecule has 1 fully saturated rings. The molecule has 6 rings (SSSR count). The van der Waals surface area contributed by atoms with Crippen LogP contribution in [0.5, 0.6) is 0 Å². The minimum Gasteiger partial charge on any atom is -0.393 e. The summed E-state index contributed by atoms with van der Waals surface area (Å²) in [5.74, 6) is 0.160. The smallest absolute Gasteiger partial charge is 0.163 e. The van der Waals surface area contributed by atoms with Crippen LogP contribution >= 0.6 is 0 Å². The standard InChI is InChI=1S/C35H43N7O2Si/c1-23(2)33-32-30(26-18-24-13-15-41(34(24)38-21-26)22-44-16-17-45(3,4)5)12-14-37-35(32)42(40-33)28-9-6-25(20-36)31(19-28)39-27-7-10-29(43)11-8-27/h6,9,12-15,18-19,21,23,27,29,39,43H,7-8,10-11,16-17,22H2,1-5H3/t27-,29-. The highest BCUT2D eigenvalue weighted by molar-refractivity contribution is 6.76. The van der Waals surface area contributed by atoms with Crippen LogP contribution in [0.15, 0.2) is 55.0 Å². The second-order valence-corrected chi connectivity index (χ2v) is 19.4. The van der Waals surface area contributed by atoms with Crippen molar-refractivity contribution < 1.29 is 9.84 Å². The van der Waals surface area contributed by atoms with Gasteiger partial charge in [0.05, 0.1) is 34.1 Å². The van der Waals surface area contributed by atoms with Gasteiger partial charge in [0.25, 0.3) is 0 Å². The third-order valence-electron chi connectivity index (χ3n) is 8.71. The van der Waals surface area contributed by atoms with Gasteiger partial charge in [-0.2, -0.15) is 10.4 Å². The lowest BCUT2D eigenvalue weighted by Gasteiger charge is -2.27. The first-order valence-electron chi connectivity index (χ1n) is 16.0. The molecule has 2 N–H and O–H groups in total. The Kier molecular flexibility index (Phi) is 8.77. The van der Waals surface area contributed by atoms with Crippen molar-refractivity contribution in [3.63, 3.8) is 0 Å². The van der Waals surface area contributed by atoms with E-state index in [0.717, 1.165) is 88.6 Å². The molecule has 0 atom stereocenters. The number of rotatable bonds is 10. The van der Waals surface area contributed by atoms with E-state index in [1.54, 1.807) is 0 Å². The van der Waals surface area contributed by atoms with Crippen LogP contribution in [0.4, 0.5) is 5.69 Å². The van der Waals surface area contributed by atoms with Crippen molar-refractivity contribution in [2.75, 3.05) is 11.9 Å². The van der Waals surface area contributed by atoms with E-state index in [0.29, 0.717) is 12.3 Å². The van der Waals surface area contributed by atoms with E-state index >= 15 is 0 Å². The summed E-state index contributed by atoms with van der Waals surface area (Å²) in [7, 11) is -1.14. The molecule has 1 saturated carbocycles. The Balaban J connectivity index is 1.34. The van der Waals surface area contributed by atoms with Gasteiger partial charge in [0.1, 0.15) is 18.4 Å². The van der Waals surface area contributed by atoms with Gasteiger partial charge in [-0.1, -0.05) is 33.5 Å². The van der Waals surface area contributed by atoms with Crippen molar-refractivity contribution in [3.8, 4) is 22.9 Å². The number of aliphatic hydroxyl groups excluding tert-OH is 1. The molecular weight excluding hydrogens is 579 g/mol. The molecule has 0 spiro atoms. The molecule has 0 aliphatic heterocycles. The monoisotopic (exact) mass is 621 g/mol. The molecule has 5 aromatic rings. The quantitative estimate of drug-likeness (QED) is 0.123. The molecule has 4 aromatic heterocycles. The lowest BCUT2D eigenvalue weighted by Crippen LogP contribution is -2.28. The van der Waals surface area contributed by atoms with Crippen LogP contribution in [0.2, 0.25) is 25.7 Å². The molecule has 45 heavy (non-hydrogen) atoms. The summed E-state index contributed by atoms with van der Waals surface area (Å²) < 4.78 is 9.96.